The number of thiazole rings is 1. The van der Waals surface area contributed by atoms with Gasteiger partial charge in [0.15, 0.2) is 4.34 Å². The number of carbonyl (C=O) groups excluding carboxylic acids is 1. The minimum Gasteiger partial charge on any atom is -0.477 e. The summed E-state index contributed by atoms with van der Waals surface area (Å²) in [5, 5.41) is 34.1. The number of aliphatic hydroxyl groups is 2. The number of β-lactam (4-membered cyclic amide) rings is 1. The van der Waals surface area contributed by atoms with Crippen molar-refractivity contribution in [3.05, 3.63) is 27.8 Å². The number of aromatic nitrogens is 1. The van der Waals surface area contributed by atoms with Gasteiger partial charge in [-0.15, -0.1) is 11.3 Å². The molecular formula is C19H23N3O5S2. The number of amides is 1. The fourth-order valence-corrected chi connectivity index (χ4v) is 6.34. The first kappa shape index (κ1) is 20.5. The highest BCUT2D eigenvalue weighted by molar-refractivity contribution is 8.04. The highest BCUT2D eigenvalue weighted by Gasteiger charge is 2.60. The third-order valence-corrected chi connectivity index (χ3v) is 7.99. The number of carboxylic acids is 1. The Hall–Kier alpha value is -1.72. The van der Waals surface area contributed by atoms with Gasteiger partial charge in [0.25, 0.3) is 0 Å². The first-order valence-electron chi connectivity index (χ1n) is 9.49. The van der Waals surface area contributed by atoms with Gasteiger partial charge in [-0.25, -0.2) is 9.78 Å². The van der Waals surface area contributed by atoms with Crippen LogP contribution in [0.25, 0.3) is 5.57 Å². The third-order valence-electron chi connectivity index (χ3n) is 5.77. The van der Waals surface area contributed by atoms with Crippen LogP contribution in [0.5, 0.6) is 0 Å². The maximum absolute atomic E-state index is 12.4. The molecule has 10 heteroatoms. The van der Waals surface area contributed by atoms with E-state index < -0.39 is 18.0 Å². The van der Waals surface area contributed by atoms with Crippen molar-refractivity contribution in [3.8, 4) is 0 Å². The molecule has 0 saturated carbocycles. The number of fused-ring (bicyclic) bond motifs is 1. The van der Waals surface area contributed by atoms with Crippen LogP contribution < -0.4 is 5.32 Å². The van der Waals surface area contributed by atoms with Gasteiger partial charge in [0.1, 0.15) is 5.70 Å². The van der Waals surface area contributed by atoms with Crippen molar-refractivity contribution in [2.24, 2.45) is 11.8 Å². The van der Waals surface area contributed by atoms with E-state index in [9.17, 15) is 24.9 Å². The maximum Gasteiger partial charge on any atom is 0.353 e. The summed E-state index contributed by atoms with van der Waals surface area (Å²) in [6.45, 7) is 4.18. The van der Waals surface area contributed by atoms with Crippen LogP contribution in [-0.2, 0) is 9.59 Å². The van der Waals surface area contributed by atoms with Gasteiger partial charge in [0, 0.05) is 28.8 Å². The number of carbonyl (C=O) groups is 2. The largest absolute Gasteiger partial charge is 0.477 e. The van der Waals surface area contributed by atoms with Crippen LogP contribution in [0, 0.1) is 11.8 Å². The number of aliphatic carboxylic acids is 1. The number of aliphatic hydroxyl groups excluding tert-OH is 2. The van der Waals surface area contributed by atoms with Crippen LogP contribution in [0.15, 0.2) is 26.4 Å². The zero-order valence-corrected chi connectivity index (χ0v) is 17.7. The molecular weight excluding hydrogens is 414 g/mol. The monoisotopic (exact) mass is 437 g/mol. The van der Waals surface area contributed by atoms with Crippen LogP contribution in [0.4, 0.5) is 0 Å². The van der Waals surface area contributed by atoms with Crippen molar-refractivity contribution in [1.82, 2.24) is 15.2 Å². The predicted octanol–water partition coefficient (Wildman–Crippen LogP) is 1.13. The second-order valence-electron chi connectivity index (χ2n) is 7.60. The van der Waals surface area contributed by atoms with Gasteiger partial charge in [-0.3, -0.25) is 4.79 Å². The summed E-state index contributed by atoms with van der Waals surface area (Å²) in [6, 6.07) is -0.256. The SMILES string of the molecule is C[C@@H](O)[C@H]1C(=O)N2C(C(=O)O)=C(Sc3nc(C4=CC[C@H](CO)NC4)cs3)[C@H](C)[C@H]12. The summed E-state index contributed by atoms with van der Waals surface area (Å²) in [4.78, 5) is 30.9. The molecule has 4 N–H and O–H groups in total. The van der Waals surface area contributed by atoms with Crippen LogP contribution in [0.3, 0.4) is 0 Å². The number of nitrogens with one attached hydrogen (secondary N) is 1. The van der Waals surface area contributed by atoms with Crippen LogP contribution in [-0.4, -0.2) is 68.4 Å². The van der Waals surface area contributed by atoms with Gasteiger partial charge in [-0.1, -0.05) is 24.8 Å². The predicted molar refractivity (Wildman–Crippen MR) is 109 cm³/mol. The lowest BCUT2D eigenvalue weighted by atomic mass is 9.79. The molecule has 4 rings (SSSR count). The Morgan fingerprint density at radius 2 is 2.28 bits per heavy atom. The van der Waals surface area contributed by atoms with Gasteiger partial charge in [-0.05, 0) is 18.9 Å². The molecule has 1 saturated heterocycles. The highest BCUT2D eigenvalue weighted by atomic mass is 32.2. The van der Waals surface area contributed by atoms with Crippen molar-refractivity contribution in [2.45, 2.75) is 42.8 Å². The molecule has 0 radical (unpaired) electrons. The molecule has 0 aromatic carbocycles. The number of thioether (sulfide) groups is 1. The summed E-state index contributed by atoms with van der Waals surface area (Å²) < 4.78 is 0.717. The topological polar surface area (TPSA) is 123 Å². The third kappa shape index (κ3) is 3.42. The number of rotatable bonds is 6. The zero-order chi connectivity index (χ0) is 20.9. The van der Waals surface area contributed by atoms with Gasteiger partial charge in [0.05, 0.1) is 30.4 Å². The molecule has 0 unspecified atom stereocenters. The normalized spacial score (nSPS) is 30.1. The Bertz CT molecular complexity index is 909. The minimum atomic E-state index is -1.13. The maximum atomic E-state index is 12.4. The molecule has 0 spiro atoms. The molecule has 3 aliphatic heterocycles. The van der Waals surface area contributed by atoms with Crippen molar-refractivity contribution < 1.29 is 24.9 Å². The van der Waals surface area contributed by atoms with Crippen molar-refractivity contribution >= 4 is 40.5 Å². The average Bonchev–Trinajstić information content (AvgIpc) is 3.24. The van der Waals surface area contributed by atoms with E-state index in [4.69, 9.17) is 0 Å². The van der Waals surface area contributed by atoms with Crippen LogP contribution in [0.1, 0.15) is 26.0 Å². The average molecular weight is 438 g/mol. The Kier molecular flexibility index (Phi) is 5.56. The fourth-order valence-electron chi connectivity index (χ4n) is 4.23. The molecule has 8 nitrogen and oxygen atoms in total. The number of nitrogens with zero attached hydrogens (tertiary/aromatic N) is 2. The van der Waals surface area contributed by atoms with E-state index in [2.05, 4.69) is 16.4 Å². The van der Waals surface area contributed by atoms with Crippen LogP contribution >= 0.6 is 23.1 Å². The second kappa shape index (κ2) is 7.84. The summed E-state index contributed by atoms with van der Waals surface area (Å²) >= 11 is 2.73. The molecule has 1 aromatic rings. The van der Waals surface area contributed by atoms with E-state index in [1.807, 2.05) is 12.3 Å². The van der Waals surface area contributed by atoms with E-state index in [-0.39, 0.29) is 36.2 Å². The van der Waals surface area contributed by atoms with Crippen LogP contribution in [0.2, 0.25) is 0 Å². The van der Waals surface area contributed by atoms with E-state index in [0.29, 0.717) is 15.8 Å². The Balaban J connectivity index is 1.57. The lowest BCUT2D eigenvalue weighted by Gasteiger charge is -2.46. The first-order chi connectivity index (χ1) is 13.8. The summed E-state index contributed by atoms with van der Waals surface area (Å²) in [5.41, 5.74) is 1.90. The number of hydrogen-bond acceptors (Lipinski definition) is 8. The first-order valence-corrected chi connectivity index (χ1v) is 11.2. The molecule has 3 aliphatic rings. The highest BCUT2D eigenvalue weighted by Crippen LogP contribution is 2.52. The van der Waals surface area contributed by atoms with E-state index in [1.165, 1.54) is 28.0 Å². The standard InChI is InChI=1S/C19H23N3O5S2/c1-8-14-13(9(2)24)17(25)22(14)15(18(26)27)16(8)29-19-21-12(7-28-19)10-3-4-11(6-23)20-5-10/h3,7-9,11,13-14,20,23-24H,4-6H2,1-2H3,(H,26,27)/t8-,9-,11-,13-,14-/m1/s1. The Morgan fingerprint density at radius 1 is 1.52 bits per heavy atom. The minimum absolute atomic E-state index is 0.00971. The van der Waals surface area contributed by atoms with E-state index in [0.717, 1.165) is 17.7 Å². The zero-order valence-electron chi connectivity index (χ0n) is 16.0. The molecule has 5 atom stereocenters. The molecule has 156 valence electrons. The Labute approximate surface area is 176 Å². The lowest BCUT2D eigenvalue weighted by Crippen LogP contribution is -2.63. The van der Waals surface area contributed by atoms with E-state index >= 15 is 0 Å². The molecule has 1 fully saturated rings. The van der Waals surface area contributed by atoms with Crippen molar-refractivity contribution in [2.75, 3.05) is 13.2 Å². The van der Waals surface area contributed by atoms with Gasteiger partial charge < -0.3 is 25.5 Å². The molecule has 4 heterocycles. The Morgan fingerprint density at radius 3 is 2.86 bits per heavy atom. The van der Waals surface area contributed by atoms with Crippen molar-refractivity contribution in [3.63, 3.8) is 0 Å². The number of carboxylic acid groups (broad SMARTS) is 1. The van der Waals surface area contributed by atoms with Gasteiger partial charge >= 0.3 is 5.97 Å². The van der Waals surface area contributed by atoms with Gasteiger partial charge in [-0.2, -0.15) is 0 Å². The summed E-state index contributed by atoms with van der Waals surface area (Å²) in [7, 11) is 0. The fraction of sp³-hybridized carbons (Fsp3) is 0.526. The summed E-state index contributed by atoms with van der Waals surface area (Å²) in [6.07, 6.45) is 1.99. The van der Waals surface area contributed by atoms with Gasteiger partial charge in [0.2, 0.25) is 5.91 Å². The molecule has 1 amide bonds. The molecule has 0 aliphatic carbocycles. The smallest absolute Gasteiger partial charge is 0.353 e. The second-order valence-corrected chi connectivity index (χ2v) is 9.75. The van der Waals surface area contributed by atoms with Crippen molar-refractivity contribution in [1.29, 1.82) is 0 Å². The molecule has 1 aromatic heterocycles. The quantitative estimate of drug-likeness (QED) is 0.489. The molecule has 29 heavy (non-hydrogen) atoms. The van der Waals surface area contributed by atoms with E-state index in [1.54, 1.807) is 6.92 Å². The lowest BCUT2D eigenvalue weighted by molar-refractivity contribution is -0.163. The molecule has 0 bridgehead atoms. The number of hydrogen-bond donors (Lipinski definition) is 4. The summed E-state index contributed by atoms with van der Waals surface area (Å²) in [5.74, 6) is -2.22.